The van der Waals surface area contributed by atoms with Crippen LogP contribution in [0.4, 0.5) is 5.69 Å². The van der Waals surface area contributed by atoms with Gasteiger partial charge in [0.2, 0.25) is 0 Å². The number of anilines is 1. The maximum absolute atomic E-state index is 11.6. The fourth-order valence-electron chi connectivity index (χ4n) is 1.65. The van der Waals surface area contributed by atoms with Crippen molar-refractivity contribution in [2.24, 2.45) is 0 Å². The van der Waals surface area contributed by atoms with Crippen LogP contribution < -0.4 is 10.5 Å². The lowest BCUT2D eigenvalue weighted by Crippen LogP contribution is -2.15. The van der Waals surface area contributed by atoms with E-state index in [-0.39, 0.29) is 6.10 Å². The highest BCUT2D eigenvalue weighted by Gasteiger charge is 2.17. The van der Waals surface area contributed by atoms with Crippen molar-refractivity contribution in [1.29, 1.82) is 0 Å². The van der Waals surface area contributed by atoms with Crippen LogP contribution in [0.3, 0.4) is 0 Å². The van der Waals surface area contributed by atoms with E-state index >= 15 is 0 Å². The first-order chi connectivity index (χ1) is 8.10. The molecular weight excluding hydrogens is 218 g/mol. The lowest BCUT2D eigenvalue weighted by Gasteiger charge is -2.17. The van der Waals surface area contributed by atoms with Crippen LogP contribution in [0, 0.1) is 0 Å². The molecule has 0 aromatic heterocycles. The SMILES string of the molecule is CCCC(C)Oc1cccc(N)c1C(=O)OC. The summed E-state index contributed by atoms with van der Waals surface area (Å²) >= 11 is 0. The van der Waals surface area contributed by atoms with E-state index in [0.29, 0.717) is 17.0 Å². The van der Waals surface area contributed by atoms with E-state index in [1.165, 1.54) is 7.11 Å². The van der Waals surface area contributed by atoms with Crippen LogP contribution in [-0.4, -0.2) is 19.2 Å². The molecule has 1 aromatic carbocycles. The summed E-state index contributed by atoms with van der Waals surface area (Å²) in [5, 5.41) is 0. The summed E-state index contributed by atoms with van der Waals surface area (Å²) in [4.78, 5) is 11.6. The molecule has 4 nitrogen and oxygen atoms in total. The van der Waals surface area contributed by atoms with Crippen LogP contribution in [0.1, 0.15) is 37.0 Å². The first kappa shape index (κ1) is 13.4. The summed E-state index contributed by atoms with van der Waals surface area (Å²) in [7, 11) is 1.33. The second kappa shape index (κ2) is 6.13. The van der Waals surface area contributed by atoms with Gasteiger partial charge in [0.05, 0.1) is 13.2 Å². The van der Waals surface area contributed by atoms with Crippen molar-refractivity contribution >= 4 is 11.7 Å². The molecule has 0 aliphatic carbocycles. The number of nitrogens with two attached hydrogens (primary N) is 1. The molecule has 0 fully saturated rings. The van der Waals surface area contributed by atoms with Crippen molar-refractivity contribution in [1.82, 2.24) is 0 Å². The molecule has 17 heavy (non-hydrogen) atoms. The molecule has 0 aliphatic rings. The molecular formula is C13H19NO3. The van der Waals surface area contributed by atoms with Crippen molar-refractivity contribution in [2.75, 3.05) is 12.8 Å². The minimum absolute atomic E-state index is 0.0465. The standard InChI is InChI=1S/C13H19NO3/c1-4-6-9(2)17-11-8-5-7-10(14)12(11)13(15)16-3/h5,7-9H,4,6,14H2,1-3H3. The first-order valence-corrected chi connectivity index (χ1v) is 5.73. The fourth-order valence-corrected chi connectivity index (χ4v) is 1.65. The largest absolute Gasteiger partial charge is 0.490 e. The van der Waals surface area contributed by atoms with Crippen molar-refractivity contribution in [3.05, 3.63) is 23.8 Å². The van der Waals surface area contributed by atoms with Gasteiger partial charge in [0, 0.05) is 5.69 Å². The smallest absolute Gasteiger partial charge is 0.343 e. The zero-order chi connectivity index (χ0) is 12.8. The van der Waals surface area contributed by atoms with Gasteiger partial charge in [0.15, 0.2) is 0 Å². The topological polar surface area (TPSA) is 61.5 Å². The normalized spacial score (nSPS) is 11.9. The highest BCUT2D eigenvalue weighted by atomic mass is 16.5. The van der Waals surface area contributed by atoms with Crippen LogP contribution in [0.5, 0.6) is 5.75 Å². The average Bonchev–Trinajstić information content (AvgIpc) is 2.28. The number of carbonyl (C=O) groups is 1. The number of ether oxygens (including phenoxy) is 2. The Morgan fingerprint density at radius 2 is 2.18 bits per heavy atom. The minimum Gasteiger partial charge on any atom is -0.490 e. The average molecular weight is 237 g/mol. The summed E-state index contributed by atoms with van der Waals surface area (Å²) in [6.07, 6.45) is 2.00. The van der Waals surface area contributed by atoms with Crippen LogP contribution in [0.25, 0.3) is 0 Å². The fraction of sp³-hybridized carbons (Fsp3) is 0.462. The van der Waals surface area contributed by atoms with E-state index in [1.54, 1.807) is 18.2 Å². The van der Waals surface area contributed by atoms with E-state index < -0.39 is 5.97 Å². The minimum atomic E-state index is -0.471. The number of rotatable bonds is 5. The van der Waals surface area contributed by atoms with E-state index in [9.17, 15) is 4.79 Å². The highest BCUT2D eigenvalue weighted by molar-refractivity contribution is 5.98. The molecule has 0 bridgehead atoms. The quantitative estimate of drug-likeness (QED) is 0.631. The third kappa shape index (κ3) is 3.37. The number of hydrogen-bond donors (Lipinski definition) is 1. The molecule has 1 unspecified atom stereocenters. The van der Waals surface area contributed by atoms with Gasteiger partial charge in [-0.3, -0.25) is 0 Å². The second-order valence-corrected chi connectivity index (χ2v) is 3.93. The lowest BCUT2D eigenvalue weighted by molar-refractivity contribution is 0.0594. The third-order valence-electron chi connectivity index (χ3n) is 2.47. The molecule has 0 spiro atoms. The zero-order valence-corrected chi connectivity index (χ0v) is 10.5. The van der Waals surface area contributed by atoms with Crippen LogP contribution in [0.2, 0.25) is 0 Å². The number of nitrogen functional groups attached to an aromatic ring is 1. The molecule has 4 heteroatoms. The van der Waals surface area contributed by atoms with Crippen molar-refractivity contribution in [2.45, 2.75) is 32.8 Å². The summed E-state index contributed by atoms with van der Waals surface area (Å²) < 4.78 is 10.4. The molecule has 2 N–H and O–H groups in total. The Morgan fingerprint density at radius 1 is 1.47 bits per heavy atom. The van der Waals surface area contributed by atoms with Crippen LogP contribution in [-0.2, 0) is 4.74 Å². The summed E-state index contributed by atoms with van der Waals surface area (Å²) in [6, 6.07) is 5.15. The van der Waals surface area contributed by atoms with Crippen molar-refractivity contribution < 1.29 is 14.3 Å². The maximum Gasteiger partial charge on any atom is 0.343 e. The second-order valence-electron chi connectivity index (χ2n) is 3.93. The molecule has 1 rings (SSSR count). The monoisotopic (exact) mass is 237 g/mol. The Balaban J connectivity index is 2.98. The van der Waals surface area contributed by atoms with E-state index in [2.05, 4.69) is 6.92 Å². The number of hydrogen-bond acceptors (Lipinski definition) is 4. The van der Waals surface area contributed by atoms with E-state index in [0.717, 1.165) is 12.8 Å². The molecule has 94 valence electrons. The predicted molar refractivity (Wildman–Crippen MR) is 67.2 cm³/mol. The van der Waals surface area contributed by atoms with E-state index in [1.807, 2.05) is 6.92 Å². The number of carbonyl (C=O) groups excluding carboxylic acids is 1. The maximum atomic E-state index is 11.6. The van der Waals surface area contributed by atoms with Crippen molar-refractivity contribution in [3.63, 3.8) is 0 Å². The van der Waals surface area contributed by atoms with Gasteiger partial charge in [-0.25, -0.2) is 4.79 Å². The Kier molecular flexibility index (Phi) is 4.82. The van der Waals surface area contributed by atoms with Crippen molar-refractivity contribution in [3.8, 4) is 5.75 Å². The predicted octanol–water partition coefficient (Wildman–Crippen LogP) is 2.62. The lowest BCUT2D eigenvalue weighted by atomic mass is 10.1. The Morgan fingerprint density at radius 3 is 2.76 bits per heavy atom. The van der Waals surface area contributed by atoms with Gasteiger partial charge < -0.3 is 15.2 Å². The summed E-state index contributed by atoms with van der Waals surface area (Å²) in [5.74, 6) is 0.0135. The van der Waals surface area contributed by atoms with Gasteiger partial charge in [0.1, 0.15) is 11.3 Å². The van der Waals surface area contributed by atoms with Gasteiger partial charge in [-0.2, -0.15) is 0 Å². The number of esters is 1. The van der Waals surface area contributed by atoms with Gasteiger partial charge in [-0.15, -0.1) is 0 Å². The van der Waals surface area contributed by atoms with Crippen LogP contribution >= 0.6 is 0 Å². The molecule has 0 radical (unpaired) electrons. The molecule has 1 aromatic rings. The van der Waals surface area contributed by atoms with Gasteiger partial charge in [0.25, 0.3) is 0 Å². The Hall–Kier alpha value is -1.71. The van der Waals surface area contributed by atoms with E-state index in [4.69, 9.17) is 15.2 Å². The summed E-state index contributed by atoms with van der Waals surface area (Å²) in [5.41, 5.74) is 6.44. The van der Waals surface area contributed by atoms with Gasteiger partial charge in [-0.1, -0.05) is 19.4 Å². The number of benzene rings is 1. The molecule has 0 saturated carbocycles. The molecule has 0 saturated heterocycles. The Labute approximate surface area is 102 Å². The molecule has 0 heterocycles. The Bertz CT molecular complexity index is 390. The third-order valence-corrected chi connectivity index (χ3v) is 2.47. The zero-order valence-electron chi connectivity index (χ0n) is 10.5. The van der Waals surface area contributed by atoms with Gasteiger partial charge >= 0.3 is 5.97 Å². The van der Waals surface area contributed by atoms with Crippen LogP contribution in [0.15, 0.2) is 18.2 Å². The first-order valence-electron chi connectivity index (χ1n) is 5.73. The number of methoxy groups -OCH3 is 1. The molecule has 0 amide bonds. The van der Waals surface area contributed by atoms with Gasteiger partial charge in [-0.05, 0) is 25.5 Å². The summed E-state index contributed by atoms with van der Waals surface area (Å²) in [6.45, 7) is 4.05. The molecule has 0 aliphatic heterocycles. The molecule has 1 atom stereocenters. The highest BCUT2D eigenvalue weighted by Crippen LogP contribution is 2.26.